The molecule has 0 radical (unpaired) electrons. The molecule has 12 nitrogen and oxygen atoms in total. The third-order valence-electron chi connectivity index (χ3n) is 12.3. The Morgan fingerprint density at radius 2 is 0.620 bits per heavy atom. The standard InChI is InChI=1S/C59H42N12/c1-35-60-36(2)63-56(62-35)44-25-28-46-47-29-26-45(57-64-37(3)61-38(4)65-57)33-53(47)71(52(46)32-44)51-30-27-43(58-66-49(39-17-9-5-10-18-39)34-50(67-58)40-19-11-6-12-20-40)31-48(51)59-69-54(41-21-13-7-14-22-41)68-55(70-59)42-23-15-8-16-24-42/h5-34H,1-4H3. The van der Waals surface area contributed by atoms with E-state index in [1.165, 1.54) is 0 Å². The lowest BCUT2D eigenvalue weighted by Crippen LogP contribution is -2.05. The lowest BCUT2D eigenvalue weighted by molar-refractivity contribution is 0.928. The molecule has 0 atom stereocenters. The van der Waals surface area contributed by atoms with Crippen molar-refractivity contribution in [3.8, 4) is 96.5 Å². The van der Waals surface area contributed by atoms with E-state index in [9.17, 15) is 0 Å². The maximum Gasteiger partial charge on any atom is 0.166 e. The molecular formula is C59H42N12. The molecule has 5 aromatic heterocycles. The molecule has 12 heteroatoms. The SMILES string of the molecule is Cc1nc(C)nc(-c2ccc3c4ccc(-c5nc(C)nc(C)n5)cc4n(-c4ccc(-c5nc(-c6ccccc6)cc(-c6ccccc6)n5)cc4-c4nc(-c5ccccc5)nc(-c5ccccc5)n4)c3c2)n1. The zero-order valence-corrected chi connectivity index (χ0v) is 39.2. The highest BCUT2D eigenvalue weighted by Gasteiger charge is 2.23. The highest BCUT2D eigenvalue weighted by atomic mass is 15.1. The predicted octanol–water partition coefficient (Wildman–Crippen LogP) is 12.7. The second kappa shape index (κ2) is 17.8. The van der Waals surface area contributed by atoms with Crippen LogP contribution in [0.5, 0.6) is 0 Å². The van der Waals surface area contributed by atoms with Gasteiger partial charge in [-0.15, -0.1) is 0 Å². The number of benzene rings is 7. The van der Waals surface area contributed by atoms with E-state index in [0.29, 0.717) is 58.2 Å². The first-order valence-corrected chi connectivity index (χ1v) is 23.3. The normalized spacial score (nSPS) is 11.4. The van der Waals surface area contributed by atoms with Crippen LogP contribution in [-0.4, -0.2) is 59.4 Å². The molecular weight excluding hydrogens is 877 g/mol. The predicted molar refractivity (Wildman–Crippen MR) is 279 cm³/mol. The van der Waals surface area contributed by atoms with Gasteiger partial charge in [0, 0.05) is 55.3 Å². The molecule has 0 bridgehead atoms. The van der Waals surface area contributed by atoms with Gasteiger partial charge in [0.25, 0.3) is 0 Å². The van der Waals surface area contributed by atoms with Gasteiger partial charge in [0.05, 0.1) is 28.1 Å². The fraction of sp³-hybridized carbons (Fsp3) is 0.0678. The van der Waals surface area contributed by atoms with Gasteiger partial charge in [0.15, 0.2) is 34.9 Å². The van der Waals surface area contributed by atoms with Gasteiger partial charge in [-0.2, -0.15) is 0 Å². The number of hydrogen-bond donors (Lipinski definition) is 0. The van der Waals surface area contributed by atoms with Gasteiger partial charge in [0.2, 0.25) is 0 Å². The molecule has 12 rings (SSSR count). The van der Waals surface area contributed by atoms with Gasteiger partial charge in [-0.1, -0.05) is 146 Å². The van der Waals surface area contributed by atoms with E-state index < -0.39 is 0 Å². The molecule has 0 unspecified atom stereocenters. The summed E-state index contributed by atoms with van der Waals surface area (Å²) in [6, 6.07) is 61.5. The molecule has 12 aromatic rings. The summed E-state index contributed by atoms with van der Waals surface area (Å²) in [5.41, 5.74) is 11.1. The maximum absolute atomic E-state index is 5.33. The average Bonchev–Trinajstić information content (AvgIpc) is 3.73. The fourth-order valence-electron chi connectivity index (χ4n) is 9.11. The first kappa shape index (κ1) is 42.8. The molecule has 0 aliphatic carbocycles. The van der Waals surface area contributed by atoms with E-state index in [2.05, 4.69) is 93.4 Å². The molecule has 0 N–H and O–H groups in total. The van der Waals surface area contributed by atoms with Gasteiger partial charge in [0.1, 0.15) is 23.3 Å². The molecule has 5 heterocycles. The Balaban J connectivity index is 1.18. The van der Waals surface area contributed by atoms with Crippen LogP contribution in [0.1, 0.15) is 23.3 Å². The summed E-state index contributed by atoms with van der Waals surface area (Å²) < 4.78 is 2.27. The summed E-state index contributed by atoms with van der Waals surface area (Å²) in [7, 11) is 0. The van der Waals surface area contributed by atoms with Crippen molar-refractivity contribution < 1.29 is 0 Å². The lowest BCUT2D eigenvalue weighted by Gasteiger charge is -2.17. The Morgan fingerprint density at radius 1 is 0.268 bits per heavy atom. The second-order valence-corrected chi connectivity index (χ2v) is 17.3. The van der Waals surface area contributed by atoms with Crippen molar-refractivity contribution >= 4 is 21.8 Å². The molecule has 0 saturated heterocycles. The summed E-state index contributed by atoms with van der Waals surface area (Å²) in [5.74, 6) is 5.83. The molecule has 0 spiro atoms. The Labute approximate surface area is 409 Å². The Morgan fingerprint density at radius 3 is 1.06 bits per heavy atom. The van der Waals surface area contributed by atoms with Crippen LogP contribution in [0.25, 0.3) is 118 Å². The van der Waals surface area contributed by atoms with E-state index in [4.69, 9.17) is 44.9 Å². The van der Waals surface area contributed by atoms with Crippen LogP contribution in [0, 0.1) is 27.7 Å². The minimum absolute atomic E-state index is 0.465. The van der Waals surface area contributed by atoms with E-state index in [1.54, 1.807) is 0 Å². The van der Waals surface area contributed by atoms with Crippen LogP contribution in [-0.2, 0) is 0 Å². The number of aryl methyl sites for hydroxylation is 4. The van der Waals surface area contributed by atoms with Gasteiger partial charge >= 0.3 is 0 Å². The highest BCUT2D eigenvalue weighted by Crippen LogP contribution is 2.41. The lowest BCUT2D eigenvalue weighted by atomic mass is 10.0. The van der Waals surface area contributed by atoms with Crippen molar-refractivity contribution in [3.05, 3.63) is 205 Å². The quantitative estimate of drug-likeness (QED) is 0.136. The summed E-state index contributed by atoms with van der Waals surface area (Å²) in [6.07, 6.45) is 0. The first-order chi connectivity index (χ1) is 34.8. The molecule has 7 aromatic carbocycles. The fourth-order valence-corrected chi connectivity index (χ4v) is 9.11. The first-order valence-electron chi connectivity index (χ1n) is 23.3. The van der Waals surface area contributed by atoms with Crippen molar-refractivity contribution in [2.24, 2.45) is 0 Å². The second-order valence-electron chi connectivity index (χ2n) is 17.3. The third kappa shape index (κ3) is 8.33. The van der Waals surface area contributed by atoms with Gasteiger partial charge < -0.3 is 4.57 Å². The third-order valence-corrected chi connectivity index (χ3v) is 12.3. The van der Waals surface area contributed by atoms with Crippen LogP contribution in [0.3, 0.4) is 0 Å². The molecule has 0 aliphatic heterocycles. The zero-order chi connectivity index (χ0) is 48.0. The van der Waals surface area contributed by atoms with Crippen molar-refractivity contribution in [1.29, 1.82) is 0 Å². The summed E-state index contributed by atoms with van der Waals surface area (Å²) in [4.78, 5) is 54.4. The van der Waals surface area contributed by atoms with Gasteiger partial charge in [-0.3, -0.25) is 0 Å². The number of rotatable bonds is 9. The van der Waals surface area contributed by atoms with Crippen molar-refractivity contribution in [2.45, 2.75) is 27.7 Å². The van der Waals surface area contributed by atoms with Crippen LogP contribution in [0.15, 0.2) is 182 Å². The van der Waals surface area contributed by atoms with Gasteiger partial charge in [-0.05, 0) is 64.1 Å². The minimum Gasteiger partial charge on any atom is -0.308 e. The number of fused-ring (bicyclic) bond motifs is 3. The highest BCUT2D eigenvalue weighted by molar-refractivity contribution is 6.11. The average molecular weight is 919 g/mol. The van der Waals surface area contributed by atoms with Gasteiger partial charge in [-0.25, -0.2) is 54.8 Å². The Kier molecular flexibility index (Phi) is 10.7. The summed E-state index contributed by atoms with van der Waals surface area (Å²) in [6.45, 7) is 7.55. The van der Waals surface area contributed by atoms with Crippen molar-refractivity contribution in [2.75, 3.05) is 0 Å². The molecule has 71 heavy (non-hydrogen) atoms. The number of aromatic nitrogens is 12. The Hall–Kier alpha value is -9.55. The zero-order valence-electron chi connectivity index (χ0n) is 39.2. The maximum atomic E-state index is 5.33. The van der Waals surface area contributed by atoms with Crippen molar-refractivity contribution in [3.63, 3.8) is 0 Å². The van der Waals surface area contributed by atoms with Crippen LogP contribution in [0.4, 0.5) is 0 Å². The molecule has 0 amide bonds. The largest absolute Gasteiger partial charge is 0.308 e. The molecule has 0 aliphatic rings. The number of nitrogens with zero attached hydrogens (tertiary/aromatic N) is 12. The van der Waals surface area contributed by atoms with Crippen LogP contribution >= 0.6 is 0 Å². The summed E-state index contributed by atoms with van der Waals surface area (Å²) >= 11 is 0. The summed E-state index contributed by atoms with van der Waals surface area (Å²) in [5, 5.41) is 2.04. The van der Waals surface area contributed by atoms with E-state index in [-0.39, 0.29) is 0 Å². The van der Waals surface area contributed by atoms with E-state index in [1.807, 2.05) is 131 Å². The van der Waals surface area contributed by atoms with Crippen molar-refractivity contribution in [1.82, 2.24) is 59.4 Å². The van der Waals surface area contributed by atoms with Crippen LogP contribution < -0.4 is 0 Å². The smallest absolute Gasteiger partial charge is 0.166 e. The molecule has 338 valence electrons. The minimum atomic E-state index is 0.465. The van der Waals surface area contributed by atoms with E-state index in [0.717, 1.165) is 83.4 Å². The number of hydrogen-bond acceptors (Lipinski definition) is 11. The van der Waals surface area contributed by atoms with Crippen LogP contribution in [0.2, 0.25) is 0 Å². The monoisotopic (exact) mass is 918 g/mol. The topological polar surface area (TPSA) is 147 Å². The Bertz CT molecular complexity index is 3710. The van der Waals surface area contributed by atoms with E-state index >= 15 is 0 Å². The molecule has 0 saturated carbocycles. The molecule has 0 fully saturated rings.